The Kier molecular flexibility index (Phi) is 15.9. The van der Waals surface area contributed by atoms with E-state index in [0.717, 1.165) is 88.2 Å². The summed E-state index contributed by atoms with van der Waals surface area (Å²) in [6.07, 6.45) is 0. The summed E-state index contributed by atoms with van der Waals surface area (Å²) < 4.78 is 7.32. The van der Waals surface area contributed by atoms with Crippen LogP contribution < -0.4 is 62.2 Å². The lowest BCUT2D eigenvalue weighted by atomic mass is 10.1. The van der Waals surface area contributed by atoms with E-state index < -0.39 is 24.2 Å². The average Bonchev–Trinajstić information content (AvgIpc) is 1.50. The first-order chi connectivity index (χ1) is 53.6. The SMILES string of the molecule is c1ccc([Si](c2ccccc2)(c2ccccc2)c2ccc(-c3cc(-n4c5ccccc5c5ccc([Si](c6ccccc6)(c6ccccc6)c6ccccc6)cc54)nc(-n4c5ccccc5c5ccc6c(c7ccccc7n6-c6cccc([Si](c7ccccc7)(c7ccccc7)c7ccccc7)c6)c54)n3)cc2)cc1. The summed E-state index contributed by atoms with van der Waals surface area (Å²) in [6, 6.07) is 161. The molecule has 0 spiro atoms. The molecule has 0 aliphatic heterocycles. The monoisotopic (exact) mass is 1430 g/mol. The molecule has 508 valence electrons. The van der Waals surface area contributed by atoms with Crippen molar-refractivity contribution in [3.8, 4) is 28.7 Å². The van der Waals surface area contributed by atoms with E-state index in [-0.39, 0.29) is 0 Å². The van der Waals surface area contributed by atoms with Gasteiger partial charge in [-0.15, -0.1) is 0 Å². The van der Waals surface area contributed by atoms with Crippen molar-refractivity contribution in [2.75, 3.05) is 0 Å². The quantitative estimate of drug-likeness (QED) is 0.0714. The molecule has 20 rings (SSSR count). The Bertz CT molecular complexity index is 6410. The van der Waals surface area contributed by atoms with E-state index >= 15 is 0 Å². The van der Waals surface area contributed by atoms with E-state index in [1.54, 1.807) is 0 Å². The van der Waals surface area contributed by atoms with Crippen LogP contribution in [0, 0.1) is 0 Å². The summed E-state index contributed by atoms with van der Waals surface area (Å²) in [4.78, 5) is 12.1. The number of aromatic nitrogens is 5. The molecule has 0 amide bonds. The van der Waals surface area contributed by atoms with Gasteiger partial charge in [0.2, 0.25) is 5.95 Å². The van der Waals surface area contributed by atoms with Gasteiger partial charge in [-0.2, -0.15) is 4.98 Å². The number of benzene rings is 16. The molecule has 0 saturated carbocycles. The summed E-state index contributed by atoms with van der Waals surface area (Å²) >= 11 is 0. The van der Waals surface area contributed by atoms with Crippen LogP contribution in [0.5, 0.6) is 0 Å². The largest absolute Gasteiger partial charge is 0.309 e. The molecule has 0 N–H and O–H groups in total. The number of hydrogen-bond acceptors (Lipinski definition) is 2. The van der Waals surface area contributed by atoms with Crippen LogP contribution in [0.3, 0.4) is 0 Å². The highest BCUT2D eigenvalue weighted by molar-refractivity contribution is 7.21. The molecule has 0 aliphatic carbocycles. The standard InChI is InChI=1S/C100H71N5Si3/c1-10-36-74(37-11-1)106(75-38-12-2-13-39-75,76-40-14-3-15-41-76)83-63-61-72(62-64-83)91-71-97(104-92-58-31-28-55-86(92)88-66-65-85(70-96(88)104)108(80-48-22-7-23-49-80,81-50-24-8-25-51-81)82-52-26-9-27-53-82)102-100(101-91)105-93-59-32-29-56-87(93)89-67-68-95-98(99(89)105)90-57-30-33-60-94(90)103(95)73-35-34-54-84(69-73)107(77-42-16-4-17-43-77,78-44-18-5-19-45-78)79-46-20-6-21-47-79/h1-71H. The molecule has 0 bridgehead atoms. The van der Waals surface area contributed by atoms with Gasteiger partial charge in [-0.05, 0) is 105 Å². The second-order valence-electron chi connectivity index (χ2n) is 28.2. The zero-order valence-electron chi connectivity index (χ0n) is 59.2. The highest BCUT2D eigenvalue weighted by Gasteiger charge is 2.45. The first-order valence-electron chi connectivity index (χ1n) is 37.2. The van der Waals surface area contributed by atoms with E-state index in [0.29, 0.717) is 5.95 Å². The van der Waals surface area contributed by atoms with Crippen LogP contribution in [-0.4, -0.2) is 47.9 Å². The van der Waals surface area contributed by atoms with Crippen molar-refractivity contribution in [2.45, 2.75) is 0 Å². The molecule has 0 saturated heterocycles. The van der Waals surface area contributed by atoms with Gasteiger partial charge in [-0.1, -0.05) is 382 Å². The maximum atomic E-state index is 6.09. The Labute approximate surface area is 630 Å². The molecular weight excluding hydrogens is 1360 g/mol. The Balaban J connectivity index is 0.867. The van der Waals surface area contributed by atoms with Gasteiger partial charge in [-0.25, -0.2) is 4.98 Å². The van der Waals surface area contributed by atoms with Gasteiger partial charge in [0, 0.05) is 49.6 Å². The maximum Gasteiger partial charge on any atom is 0.237 e. The highest BCUT2D eigenvalue weighted by atomic mass is 28.3. The van der Waals surface area contributed by atoms with Crippen LogP contribution in [0.2, 0.25) is 0 Å². The van der Waals surface area contributed by atoms with E-state index in [1.165, 1.54) is 62.2 Å². The Morgan fingerprint density at radius 1 is 0.194 bits per heavy atom. The van der Waals surface area contributed by atoms with E-state index in [1.807, 2.05) is 0 Å². The van der Waals surface area contributed by atoms with E-state index in [9.17, 15) is 0 Å². The first kappa shape index (κ1) is 64.3. The molecule has 0 atom stereocenters. The molecule has 0 radical (unpaired) electrons. The van der Waals surface area contributed by atoms with Crippen molar-refractivity contribution in [2.24, 2.45) is 0 Å². The second-order valence-corrected chi connectivity index (χ2v) is 39.7. The molecule has 5 nitrogen and oxygen atoms in total. The van der Waals surface area contributed by atoms with Crippen LogP contribution in [0.15, 0.2) is 431 Å². The number of para-hydroxylation sites is 3. The van der Waals surface area contributed by atoms with Gasteiger partial charge in [0.05, 0.1) is 38.8 Å². The minimum atomic E-state index is -3.04. The summed E-state index contributed by atoms with van der Waals surface area (Å²) in [5.74, 6) is 1.33. The van der Waals surface area contributed by atoms with Crippen molar-refractivity contribution in [1.82, 2.24) is 23.7 Å². The van der Waals surface area contributed by atoms with Crippen LogP contribution in [0.4, 0.5) is 0 Å². The van der Waals surface area contributed by atoms with Crippen molar-refractivity contribution in [3.05, 3.63) is 431 Å². The van der Waals surface area contributed by atoms with E-state index in [4.69, 9.17) is 9.97 Å². The van der Waals surface area contributed by atoms with Gasteiger partial charge >= 0.3 is 0 Å². The Hall–Kier alpha value is -13.3. The van der Waals surface area contributed by atoms with Crippen molar-refractivity contribution in [3.63, 3.8) is 0 Å². The average molecular weight is 1430 g/mol. The number of nitrogens with zero attached hydrogens (tertiary/aromatic N) is 5. The second kappa shape index (κ2) is 26.7. The predicted octanol–water partition coefficient (Wildman–Crippen LogP) is 15.6. The highest BCUT2D eigenvalue weighted by Crippen LogP contribution is 2.43. The minimum Gasteiger partial charge on any atom is -0.309 e. The molecule has 4 heterocycles. The lowest BCUT2D eigenvalue weighted by Crippen LogP contribution is -2.74. The molecule has 0 fully saturated rings. The van der Waals surface area contributed by atoms with Gasteiger partial charge in [0.15, 0.2) is 24.2 Å². The number of hydrogen-bond donors (Lipinski definition) is 0. The van der Waals surface area contributed by atoms with Crippen LogP contribution in [-0.2, 0) is 0 Å². The third-order valence-electron chi connectivity index (χ3n) is 22.7. The van der Waals surface area contributed by atoms with Gasteiger partial charge < -0.3 is 4.57 Å². The summed E-state index contributed by atoms with van der Waals surface area (Å²) in [7, 11) is -8.91. The molecule has 4 aromatic heterocycles. The smallest absolute Gasteiger partial charge is 0.237 e. The third kappa shape index (κ3) is 10.1. The minimum absolute atomic E-state index is 0.568. The van der Waals surface area contributed by atoms with E-state index in [2.05, 4.69) is 444 Å². The Morgan fingerprint density at radius 2 is 0.519 bits per heavy atom. The van der Waals surface area contributed by atoms with Crippen LogP contribution in [0.1, 0.15) is 0 Å². The fourth-order valence-electron chi connectivity index (χ4n) is 18.2. The van der Waals surface area contributed by atoms with Gasteiger partial charge in [0.25, 0.3) is 0 Å². The van der Waals surface area contributed by atoms with Crippen molar-refractivity contribution in [1.29, 1.82) is 0 Å². The predicted molar refractivity (Wildman–Crippen MR) is 461 cm³/mol. The van der Waals surface area contributed by atoms with Crippen molar-refractivity contribution < 1.29 is 0 Å². The normalized spacial score (nSPS) is 12.1. The molecule has 16 aromatic carbocycles. The summed E-state index contributed by atoms with van der Waals surface area (Å²) in [5.41, 5.74) is 9.25. The molecule has 8 heteroatoms. The van der Waals surface area contributed by atoms with Crippen LogP contribution in [0.25, 0.3) is 94.1 Å². The van der Waals surface area contributed by atoms with Gasteiger partial charge in [0.1, 0.15) is 5.82 Å². The summed E-state index contributed by atoms with van der Waals surface area (Å²) in [5, 5.41) is 22.5. The van der Waals surface area contributed by atoms with Gasteiger partial charge in [-0.3, -0.25) is 9.13 Å². The fourth-order valence-corrected chi connectivity index (χ4v) is 32.5. The first-order valence-corrected chi connectivity index (χ1v) is 43.2. The lowest BCUT2D eigenvalue weighted by Gasteiger charge is -2.34. The molecular formula is C100H71N5Si3. The summed E-state index contributed by atoms with van der Waals surface area (Å²) in [6.45, 7) is 0. The van der Waals surface area contributed by atoms with Crippen LogP contribution >= 0.6 is 0 Å². The zero-order valence-corrected chi connectivity index (χ0v) is 62.2. The topological polar surface area (TPSA) is 40.6 Å². The number of rotatable bonds is 16. The molecule has 0 unspecified atom stereocenters. The Morgan fingerprint density at radius 3 is 0.963 bits per heavy atom. The fraction of sp³-hybridized carbons (Fsp3) is 0. The molecule has 108 heavy (non-hydrogen) atoms. The number of fused-ring (bicyclic) bond motifs is 10. The maximum absolute atomic E-state index is 6.09. The lowest BCUT2D eigenvalue weighted by molar-refractivity contribution is 0.954. The third-order valence-corrected chi connectivity index (χ3v) is 37.1. The molecule has 20 aromatic rings. The zero-order chi connectivity index (χ0) is 71.6. The van der Waals surface area contributed by atoms with Crippen molar-refractivity contribution >= 4 is 152 Å². The molecule has 0 aliphatic rings.